The first-order chi connectivity index (χ1) is 9.67. The van der Waals surface area contributed by atoms with Gasteiger partial charge in [0, 0.05) is 29.0 Å². The third kappa shape index (κ3) is 2.22. The standard InChI is InChI=1S/C16H12ClN3/c17-15-8-14(19)4-3-13(15)10-20-6-5-12-2-1-11(9-18)7-16(12)20/h1-8H,10,19H2. The number of fused-ring (bicyclic) bond motifs is 1. The van der Waals surface area contributed by atoms with Gasteiger partial charge in [0.2, 0.25) is 0 Å². The SMILES string of the molecule is N#Cc1ccc2ccn(Cc3ccc(N)cc3Cl)c2c1. The first-order valence-electron chi connectivity index (χ1n) is 6.20. The van der Waals surface area contributed by atoms with E-state index in [4.69, 9.17) is 22.6 Å². The van der Waals surface area contributed by atoms with Crippen LogP contribution < -0.4 is 5.73 Å². The molecule has 0 aliphatic heterocycles. The van der Waals surface area contributed by atoms with Crippen molar-refractivity contribution in [2.45, 2.75) is 6.54 Å². The highest BCUT2D eigenvalue weighted by atomic mass is 35.5. The van der Waals surface area contributed by atoms with Crippen molar-refractivity contribution in [2.75, 3.05) is 5.73 Å². The van der Waals surface area contributed by atoms with E-state index >= 15 is 0 Å². The van der Waals surface area contributed by atoms with Crippen LogP contribution in [0.25, 0.3) is 10.9 Å². The molecule has 0 fully saturated rings. The third-order valence-corrected chi connectivity index (χ3v) is 3.67. The molecule has 0 aliphatic rings. The summed E-state index contributed by atoms with van der Waals surface area (Å²) in [5.74, 6) is 0. The number of nitrogen functional groups attached to an aromatic ring is 1. The van der Waals surface area contributed by atoms with Gasteiger partial charge in [0.1, 0.15) is 0 Å². The average molecular weight is 282 g/mol. The van der Waals surface area contributed by atoms with Gasteiger partial charge < -0.3 is 10.3 Å². The first kappa shape index (κ1) is 12.6. The minimum absolute atomic E-state index is 0.650. The summed E-state index contributed by atoms with van der Waals surface area (Å²) >= 11 is 6.21. The van der Waals surface area contributed by atoms with Crippen LogP contribution in [0.3, 0.4) is 0 Å². The Morgan fingerprint density at radius 1 is 1.15 bits per heavy atom. The zero-order valence-electron chi connectivity index (χ0n) is 10.7. The number of anilines is 1. The van der Waals surface area contributed by atoms with Crippen LogP contribution in [-0.4, -0.2) is 4.57 Å². The van der Waals surface area contributed by atoms with Crippen LogP contribution in [0, 0.1) is 11.3 Å². The molecule has 3 rings (SSSR count). The number of hydrogen-bond acceptors (Lipinski definition) is 2. The van der Waals surface area contributed by atoms with Gasteiger partial charge in [-0.1, -0.05) is 23.7 Å². The Labute approximate surface area is 121 Å². The average Bonchev–Trinajstić information content (AvgIpc) is 2.84. The van der Waals surface area contributed by atoms with Crippen molar-refractivity contribution >= 4 is 28.2 Å². The molecule has 0 bridgehead atoms. The van der Waals surface area contributed by atoms with Crippen LogP contribution in [0.1, 0.15) is 11.1 Å². The Bertz CT molecular complexity index is 827. The van der Waals surface area contributed by atoms with Crippen molar-refractivity contribution in [3.63, 3.8) is 0 Å². The summed E-state index contributed by atoms with van der Waals surface area (Å²) in [6.45, 7) is 0.650. The maximum absolute atomic E-state index is 9.00. The normalized spacial score (nSPS) is 10.6. The van der Waals surface area contributed by atoms with E-state index in [0.29, 0.717) is 22.8 Å². The molecule has 0 radical (unpaired) electrons. The lowest BCUT2D eigenvalue weighted by molar-refractivity contribution is 0.837. The molecular weight excluding hydrogens is 270 g/mol. The number of nitriles is 1. The first-order valence-corrected chi connectivity index (χ1v) is 6.58. The van der Waals surface area contributed by atoms with Gasteiger partial charge in [0.15, 0.2) is 0 Å². The Hall–Kier alpha value is -2.44. The second-order valence-electron chi connectivity index (χ2n) is 4.68. The fourth-order valence-corrected chi connectivity index (χ4v) is 2.52. The Kier molecular flexibility index (Phi) is 3.09. The maximum Gasteiger partial charge on any atom is 0.0992 e. The number of nitrogens with two attached hydrogens (primary N) is 1. The van der Waals surface area contributed by atoms with Crippen LogP contribution in [0.4, 0.5) is 5.69 Å². The molecule has 0 aliphatic carbocycles. The van der Waals surface area contributed by atoms with Crippen molar-refractivity contribution in [1.29, 1.82) is 5.26 Å². The van der Waals surface area contributed by atoms with Crippen LogP contribution in [0.5, 0.6) is 0 Å². The lowest BCUT2D eigenvalue weighted by Gasteiger charge is -2.08. The smallest absolute Gasteiger partial charge is 0.0992 e. The molecular formula is C16H12ClN3. The monoisotopic (exact) mass is 281 g/mol. The van der Waals surface area contributed by atoms with E-state index in [2.05, 4.69) is 10.6 Å². The number of halogens is 1. The molecule has 0 amide bonds. The molecule has 98 valence electrons. The summed E-state index contributed by atoms with van der Waals surface area (Å²) in [5, 5.41) is 10.8. The van der Waals surface area contributed by atoms with Crippen LogP contribution in [0.15, 0.2) is 48.7 Å². The van der Waals surface area contributed by atoms with Gasteiger partial charge in [-0.3, -0.25) is 0 Å². The zero-order valence-corrected chi connectivity index (χ0v) is 11.4. The molecule has 1 aromatic heterocycles. The molecule has 0 atom stereocenters. The summed E-state index contributed by atoms with van der Waals surface area (Å²) in [4.78, 5) is 0. The van der Waals surface area contributed by atoms with Crippen LogP contribution in [0.2, 0.25) is 5.02 Å². The highest BCUT2D eigenvalue weighted by molar-refractivity contribution is 6.31. The molecule has 0 spiro atoms. The number of benzene rings is 2. The second kappa shape index (κ2) is 4.92. The maximum atomic E-state index is 9.00. The number of hydrogen-bond donors (Lipinski definition) is 1. The predicted octanol–water partition coefficient (Wildman–Crippen LogP) is 3.80. The largest absolute Gasteiger partial charge is 0.399 e. The molecule has 20 heavy (non-hydrogen) atoms. The van der Waals surface area contributed by atoms with E-state index in [1.165, 1.54) is 0 Å². The molecule has 3 aromatic rings. The molecule has 0 saturated heterocycles. The minimum Gasteiger partial charge on any atom is -0.399 e. The van der Waals surface area contributed by atoms with Gasteiger partial charge in [0.05, 0.1) is 11.6 Å². The summed E-state index contributed by atoms with van der Waals surface area (Å²) in [5.41, 5.74) is 9.04. The van der Waals surface area contributed by atoms with Gasteiger partial charge >= 0.3 is 0 Å². The van der Waals surface area contributed by atoms with Gasteiger partial charge in [0.25, 0.3) is 0 Å². The molecule has 2 N–H and O–H groups in total. The fourth-order valence-electron chi connectivity index (χ4n) is 2.27. The zero-order chi connectivity index (χ0) is 14.1. The van der Waals surface area contributed by atoms with Gasteiger partial charge in [-0.05, 0) is 41.3 Å². The van der Waals surface area contributed by atoms with E-state index in [9.17, 15) is 0 Å². The number of nitrogens with zero attached hydrogens (tertiary/aromatic N) is 2. The molecule has 2 aromatic carbocycles. The minimum atomic E-state index is 0.650. The van der Waals surface area contributed by atoms with E-state index in [0.717, 1.165) is 16.5 Å². The van der Waals surface area contributed by atoms with Crippen molar-refractivity contribution in [3.8, 4) is 6.07 Å². The Morgan fingerprint density at radius 3 is 2.75 bits per heavy atom. The quantitative estimate of drug-likeness (QED) is 0.727. The molecule has 0 saturated carbocycles. The molecule has 1 heterocycles. The summed E-state index contributed by atoms with van der Waals surface area (Å²) in [7, 11) is 0. The van der Waals surface area contributed by atoms with Crippen LogP contribution in [-0.2, 0) is 6.54 Å². The van der Waals surface area contributed by atoms with E-state index < -0.39 is 0 Å². The molecule has 0 unspecified atom stereocenters. The van der Waals surface area contributed by atoms with Crippen molar-refractivity contribution in [2.24, 2.45) is 0 Å². The predicted molar refractivity (Wildman–Crippen MR) is 81.6 cm³/mol. The summed E-state index contributed by atoms with van der Waals surface area (Å²) < 4.78 is 2.08. The number of aromatic nitrogens is 1. The van der Waals surface area contributed by atoms with Crippen molar-refractivity contribution < 1.29 is 0 Å². The van der Waals surface area contributed by atoms with Crippen molar-refractivity contribution in [1.82, 2.24) is 4.57 Å². The number of rotatable bonds is 2. The topological polar surface area (TPSA) is 54.7 Å². The van der Waals surface area contributed by atoms with Gasteiger partial charge in [-0.2, -0.15) is 5.26 Å². The van der Waals surface area contributed by atoms with E-state index in [-0.39, 0.29) is 0 Å². The van der Waals surface area contributed by atoms with Crippen LogP contribution >= 0.6 is 11.6 Å². The lowest BCUT2D eigenvalue weighted by atomic mass is 10.1. The second-order valence-corrected chi connectivity index (χ2v) is 5.09. The molecule has 3 nitrogen and oxygen atoms in total. The lowest BCUT2D eigenvalue weighted by Crippen LogP contribution is -1.99. The highest BCUT2D eigenvalue weighted by Crippen LogP contribution is 2.23. The summed E-state index contributed by atoms with van der Waals surface area (Å²) in [6, 6.07) is 15.4. The summed E-state index contributed by atoms with van der Waals surface area (Å²) in [6.07, 6.45) is 2.00. The molecule has 4 heteroatoms. The fraction of sp³-hybridized carbons (Fsp3) is 0.0625. The highest BCUT2D eigenvalue weighted by Gasteiger charge is 2.06. The Balaban J connectivity index is 2.04. The van der Waals surface area contributed by atoms with E-state index in [1.807, 2.05) is 42.6 Å². The van der Waals surface area contributed by atoms with Gasteiger partial charge in [-0.15, -0.1) is 0 Å². The van der Waals surface area contributed by atoms with Gasteiger partial charge in [-0.25, -0.2) is 0 Å². The third-order valence-electron chi connectivity index (χ3n) is 3.32. The van der Waals surface area contributed by atoms with Crippen molar-refractivity contribution in [3.05, 3.63) is 64.8 Å². The van der Waals surface area contributed by atoms with E-state index in [1.54, 1.807) is 6.07 Å². The Morgan fingerprint density at radius 2 is 2.00 bits per heavy atom.